The molecular formula is C10H14MnO4. The molecule has 15 heavy (non-hydrogen) atoms. The molecule has 0 rings (SSSR count). The van der Waals surface area contributed by atoms with Gasteiger partial charge in [-0.1, -0.05) is 13.8 Å². The molecule has 1 radical (unpaired) electrons. The van der Waals surface area contributed by atoms with Crippen LogP contribution in [0.3, 0.4) is 0 Å². The fourth-order valence-electron chi connectivity index (χ4n) is 0.572. The number of rotatable bonds is 2. The third kappa shape index (κ3) is 32.2. The van der Waals surface area contributed by atoms with Crippen LogP contribution in [0, 0.1) is 0 Å². The molecule has 4 nitrogen and oxygen atoms in total. The first-order valence-electron chi connectivity index (χ1n) is 3.97. The Hall–Kier alpha value is -1.06. The van der Waals surface area contributed by atoms with Crippen LogP contribution in [0.5, 0.6) is 0 Å². The zero-order chi connectivity index (χ0) is 11.7. The van der Waals surface area contributed by atoms with Crippen LogP contribution in [0.2, 0.25) is 0 Å². The van der Waals surface area contributed by atoms with Gasteiger partial charge in [0, 0.05) is 0 Å². The second kappa shape index (κ2) is 11.0. The van der Waals surface area contributed by atoms with Gasteiger partial charge in [-0.25, -0.2) is 0 Å². The number of hydrogen-bond acceptors (Lipinski definition) is 4. The third-order valence-electron chi connectivity index (χ3n) is 0.813. The van der Waals surface area contributed by atoms with Gasteiger partial charge in [0.2, 0.25) is 0 Å². The Morgan fingerprint density at radius 1 is 0.800 bits per heavy atom. The fourth-order valence-corrected chi connectivity index (χ4v) is 0.572. The molecule has 0 aromatic rings. The van der Waals surface area contributed by atoms with Crippen molar-refractivity contribution in [3.8, 4) is 0 Å². The Bertz CT molecular complexity index is 231. The predicted molar refractivity (Wildman–Crippen MR) is 48.9 cm³/mol. The van der Waals surface area contributed by atoms with E-state index in [9.17, 15) is 19.8 Å². The van der Waals surface area contributed by atoms with Crippen LogP contribution in [0.4, 0.5) is 0 Å². The summed E-state index contributed by atoms with van der Waals surface area (Å²) in [6.07, 6.45) is 2.11. The van der Waals surface area contributed by atoms with Gasteiger partial charge in [-0.05, 0) is 26.0 Å². The van der Waals surface area contributed by atoms with Crippen LogP contribution in [0.25, 0.3) is 0 Å². The summed E-state index contributed by atoms with van der Waals surface area (Å²) < 4.78 is 0. The van der Waals surface area contributed by atoms with Crippen LogP contribution >= 0.6 is 0 Å². The Morgan fingerprint density at radius 2 is 1.00 bits per heavy atom. The van der Waals surface area contributed by atoms with E-state index in [1.165, 1.54) is 27.7 Å². The molecule has 0 N–H and O–H groups in total. The van der Waals surface area contributed by atoms with Crippen LogP contribution in [-0.4, -0.2) is 11.6 Å². The number of ketones is 2. The summed E-state index contributed by atoms with van der Waals surface area (Å²) in [5.41, 5.74) is 0. The van der Waals surface area contributed by atoms with Gasteiger partial charge in [0.05, 0.1) is 0 Å². The standard InChI is InChI=1S/2C5H8O2.Mn/c2*1-4(6)3-5(2)7;/h2*3,6H,1-2H3;/q;;+2/p-2/b2*4-3-;. The van der Waals surface area contributed by atoms with Crippen molar-refractivity contribution in [1.82, 2.24) is 0 Å². The first kappa shape index (κ1) is 19.5. The maximum Gasteiger partial charge on any atom is 2.00 e. The molecule has 5 heteroatoms. The van der Waals surface area contributed by atoms with Crippen LogP contribution < -0.4 is 10.2 Å². The molecule has 0 aliphatic heterocycles. The van der Waals surface area contributed by atoms with Crippen LogP contribution in [-0.2, 0) is 26.7 Å². The van der Waals surface area contributed by atoms with E-state index in [1.54, 1.807) is 0 Å². The maximum absolute atomic E-state index is 9.98. The number of allylic oxidation sites excluding steroid dienone is 4. The summed E-state index contributed by atoms with van der Waals surface area (Å²) in [7, 11) is 0. The minimum absolute atomic E-state index is 0. The number of hydrogen-bond donors (Lipinski definition) is 0. The second-order valence-electron chi connectivity index (χ2n) is 2.73. The Kier molecular flexibility index (Phi) is 14.3. The predicted octanol–water partition coefficient (Wildman–Crippen LogP) is -0.324. The normalized spacial score (nSPS) is 10.7. The van der Waals surface area contributed by atoms with E-state index in [4.69, 9.17) is 0 Å². The second-order valence-corrected chi connectivity index (χ2v) is 2.73. The molecular weight excluding hydrogens is 239 g/mol. The molecule has 85 valence electrons. The van der Waals surface area contributed by atoms with E-state index in [1.807, 2.05) is 0 Å². The van der Waals surface area contributed by atoms with Crippen molar-refractivity contribution in [2.24, 2.45) is 0 Å². The quantitative estimate of drug-likeness (QED) is 0.383. The molecule has 0 fully saturated rings. The Morgan fingerprint density at radius 3 is 1.00 bits per heavy atom. The van der Waals surface area contributed by atoms with Crippen LogP contribution in [0.15, 0.2) is 23.7 Å². The van der Waals surface area contributed by atoms with Crippen molar-refractivity contribution < 1.29 is 36.9 Å². The fraction of sp³-hybridized carbons (Fsp3) is 0.400. The molecule has 0 aliphatic rings. The maximum atomic E-state index is 9.98. The molecule has 0 aliphatic carbocycles. The minimum atomic E-state index is -0.187. The Labute approximate surface area is 100 Å². The molecule has 0 heterocycles. The molecule has 0 bridgehead atoms. The molecule has 0 aromatic heterocycles. The average molecular weight is 253 g/mol. The molecule has 0 saturated carbocycles. The zero-order valence-corrected chi connectivity index (χ0v) is 10.3. The summed E-state index contributed by atoms with van der Waals surface area (Å²) in [5.74, 6) is -0.750. The molecule has 0 aromatic carbocycles. The summed E-state index contributed by atoms with van der Waals surface area (Å²) in [4.78, 5) is 20.0. The molecule has 0 saturated heterocycles. The van der Waals surface area contributed by atoms with Crippen molar-refractivity contribution >= 4 is 11.6 Å². The summed E-state index contributed by atoms with van der Waals surface area (Å²) in [6.45, 7) is 5.39. The van der Waals surface area contributed by atoms with Gasteiger partial charge >= 0.3 is 17.1 Å². The first-order valence-corrected chi connectivity index (χ1v) is 3.97. The van der Waals surface area contributed by atoms with Gasteiger partial charge in [-0.2, -0.15) is 0 Å². The van der Waals surface area contributed by atoms with Crippen molar-refractivity contribution in [2.45, 2.75) is 27.7 Å². The summed E-state index contributed by atoms with van der Waals surface area (Å²) in [6, 6.07) is 0. The van der Waals surface area contributed by atoms with E-state index < -0.39 is 0 Å². The van der Waals surface area contributed by atoms with Gasteiger partial charge in [-0.3, -0.25) is 9.59 Å². The van der Waals surface area contributed by atoms with Crippen molar-refractivity contribution in [1.29, 1.82) is 0 Å². The first-order chi connectivity index (χ1) is 6.25. The molecule has 0 spiro atoms. The largest absolute Gasteiger partial charge is 2.00 e. The van der Waals surface area contributed by atoms with Gasteiger partial charge in [0.25, 0.3) is 0 Å². The topological polar surface area (TPSA) is 80.3 Å². The summed E-state index contributed by atoms with van der Waals surface area (Å²) in [5, 5.41) is 20.0. The monoisotopic (exact) mass is 253 g/mol. The third-order valence-corrected chi connectivity index (χ3v) is 0.813. The van der Waals surface area contributed by atoms with E-state index in [0.29, 0.717) is 0 Å². The average Bonchev–Trinajstić information content (AvgIpc) is 1.79. The van der Waals surface area contributed by atoms with Crippen molar-refractivity contribution in [3.05, 3.63) is 23.7 Å². The Balaban J connectivity index is -0.000000180. The van der Waals surface area contributed by atoms with E-state index >= 15 is 0 Å². The van der Waals surface area contributed by atoms with E-state index in [-0.39, 0.29) is 40.2 Å². The van der Waals surface area contributed by atoms with E-state index in [0.717, 1.165) is 12.2 Å². The molecule has 0 unspecified atom stereocenters. The smallest absolute Gasteiger partial charge is 0.876 e. The number of carbonyl (C=O) groups excluding carboxylic acids is 2. The number of carbonyl (C=O) groups is 2. The SMILES string of the molecule is CC(=O)/C=C(/C)[O-].CC(=O)/C=C(/C)[O-].[Mn+2]. The van der Waals surface area contributed by atoms with Crippen molar-refractivity contribution in [2.75, 3.05) is 0 Å². The molecule has 0 amide bonds. The zero-order valence-electron chi connectivity index (χ0n) is 9.17. The van der Waals surface area contributed by atoms with Crippen molar-refractivity contribution in [3.63, 3.8) is 0 Å². The summed E-state index contributed by atoms with van der Waals surface area (Å²) >= 11 is 0. The molecule has 0 atom stereocenters. The minimum Gasteiger partial charge on any atom is -0.876 e. The van der Waals surface area contributed by atoms with E-state index in [2.05, 4.69) is 0 Å². The van der Waals surface area contributed by atoms with Gasteiger partial charge in [-0.15, -0.1) is 11.5 Å². The van der Waals surface area contributed by atoms with Gasteiger partial charge in [0.15, 0.2) is 11.6 Å². The van der Waals surface area contributed by atoms with Gasteiger partial charge < -0.3 is 10.2 Å². The van der Waals surface area contributed by atoms with Crippen LogP contribution in [0.1, 0.15) is 27.7 Å². The van der Waals surface area contributed by atoms with Gasteiger partial charge in [0.1, 0.15) is 0 Å².